The van der Waals surface area contributed by atoms with Crippen molar-refractivity contribution < 1.29 is 19.0 Å². The van der Waals surface area contributed by atoms with E-state index in [1.54, 1.807) is 12.1 Å². The monoisotopic (exact) mass is 266 g/mol. The minimum absolute atomic E-state index is 0.00171. The van der Waals surface area contributed by atoms with Crippen LogP contribution in [0.5, 0.6) is 5.75 Å². The molecule has 4 heteroatoms. The van der Waals surface area contributed by atoms with Crippen molar-refractivity contribution in [3.8, 4) is 5.75 Å². The van der Waals surface area contributed by atoms with Crippen molar-refractivity contribution in [2.24, 2.45) is 0 Å². The summed E-state index contributed by atoms with van der Waals surface area (Å²) < 4.78 is 16.3. The molecule has 0 aliphatic rings. The minimum atomic E-state index is 0.00171. The Labute approximate surface area is 114 Å². The molecule has 4 nitrogen and oxygen atoms in total. The lowest BCUT2D eigenvalue weighted by Gasteiger charge is -2.10. The summed E-state index contributed by atoms with van der Waals surface area (Å²) in [4.78, 5) is 11.4. The number of ketones is 1. The highest BCUT2D eigenvalue weighted by Gasteiger charge is 2.06. The summed E-state index contributed by atoms with van der Waals surface area (Å²) in [5.41, 5.74) is 0.602. The topological polar surface area (TPSA) is 44.8 Å². The number of rotatable bonds is 9. The molecular weight excluding hydrogens is 244 g/mol. The van der Waals surface area contributed by atoms with Gasteiger partial charge in [-0.1, -0.05) is 12.1 Å². The van der Waals surface area contributed by atoms with Crippen molar-refractivity contribution >= 4 is 5.78 Å². The van der Waals surface area contributed by atoms with E-state index in [-0.39, 0.29) is 11.9 Å². The highest BCUT2D eigenvalue weighted by molar-refractivity contribution is 5.96. The smallest absolute Gasteiger partial charge is 0.163 e. The molecule has 19 heavy (non-hydrogen) atoms. The summed E-state index contributed by atoms with van der Waals surface area (Å²) in [7, 11) is 0. The molecular formula is C15H22O4. The van der Waals surface area contributed by atoms with E-state index in [0.717, 1.165) is 0 Å². The summed E-state index contributed by atoms with van der Waals surface area (Å²) >= 11 is 0. The molecule has 1 aromatic carbocycles. The second-order valence-electron chi connectivity index (χ2n) is 4.43. The largest absolute Gasteiger partial charge is 0.490 e. The van der Waals surface area contributed by atoms with Gasteiger partial charge in [0.2, 0.25) is 0 Å². The van der Waals surface area contributed by atoms with Gasteiger partial charge < -0.3 is 14.2 Å². The highest BCUT2D eigenvalue weighted by atomic mass is 16.5. The summed E-state index contributed by atoms with van der Waals surface area (Å²) in [5.74, 6) is 0.610. The normalized spacial score (nSPS) is 10.7. The van der Waals surface area contributed by atoms with Crippen molar-refractivity contribution in [1.82, 2.24) is 0 Å². The standard InChI is InChI=1S/C15H22O4/c1-12(2)18-10-8-17-9-11-19-15-7-5-4-6-14(15)13(3)16/h4-7,12H,8-11H2,1-3H3. The molecule has 0 atom stereocenters. The van der Waals surface area contributed by atoms with Crippen LogP contribution in [0.25, 0.3) is 0 Å². The van der Waals surface area contributed by atoms with Gasteiger partial charge in [-0.25, -0.2) is 0 Å². The van der Waals surface area contributed by atoms with Gasteiger partial charge in [-0.2, -0.15) is 0 Å². The molecule has 0 amide bonds. The van der Waals surface area contributed by atoms with Gasteiger partial charge in [0.15, 0.2) is 5.78 Å². The maximum absolute atomic E-state index is 11.4. The van der Waals surface area contributed by atoms with E-state index in [4.69, 9.17) is 14.2 Å². The molecule has 0 spiro atoms. The molecule has 0 saturated heterocycles. The second kappa shape index (κ2) is 8.67. The molecule has 0 unspecified atom stereocenters. The van der Waals surface area contributed by atoms with Crippen LogP contribution in [0.1, 0.15) is 31.1 Å². The summed E-state index contributed by atoms with van der Waals surface area (Å²) in [6.45, 7) is 7.54. The van der Waals surface area contributed by atoms with Crippen LogP contribution in [0.3, 0.4) is 0 Å². The molecule has 0 fully saturated rings. The molecule has 0 heterocycles. The molecule has 0 aromatic heterocycles. The Balaban J connectivity index is 2.21. The number of ether oxygens (including phenoxy) is 3. The van der Waals surface area contributed by atoms with Gasteiger partial charge in [0.1, 0.15) is 12.4 Å². The predicted octanol–water partition coefficient (Wildman–Crippen LogP) is 2.71. The van der Waals surface area contributed by atoms with Gasteiger partial charge in [-0.05, 0) is 32.9 Å². The Kier molecular flexibility index (Phi) is 7.15. The van der Waals surface area contributed by atoms with E-state index in [2.05, 4.69) is 0 Å². The van der Waals surface area contributed by atoms with Crippen LogP contribution in [0.15, 0.2) is 24.3 Å². The maximum Gasteiger partial charge on any atom is 0.163 e. The van der Waals surface area contributed by atoms with Crippen molar-refractivity contribution in [3.05, 3.63) is 29.8 Å². The maximum atomic E-state index is 11.4. The fourth-order valence-corrected chi connectivity index (χ4v) is 1.54. The molecule has 0 aliphatic carbocycles. The zero-order chi connectivity index (χ0) is 14.1. The van der Waals surface area contributed by atoms with Gasteiger partial charge in [-0.3, -0.25) is 4.79 Å². The second-order valence-corrected chi connectivity index (χ2v) is 4.43. The number of carbonyl (C=O) groups excluding carboxylic acids is 1. The van der Waals surface area contributed by atoms with E-state index in [9.17, 15) is 4.79 Å². The van der Waals surface area contributed by atoms with Crippen molar-refractivity contribution in [2.75, 3.05) is 26.4 Å². The average Bonchev–Trinajstić information content (AvgIpc) is 2.37. The molecule has 1 aromatic rings. The van der Waals surface area contributed by atoms with Crippen LogP contribution in [-0.4, -0.2) is 38.3 Å². The van der Waals surface area contributed by atoms with Crippen LogP contribution in [0, 0.1) is 0 Å². The van der Waals surface area contributed by atoms with Gasteiger partial charge in [0.05, 0.1) is 31.5 Å². The van der Waals surface area contributed by atoms with Crippen molar-refractivity contribution in [2.45, 2.75) is 26.9 Å². The van der Waals surface area contributed by atoms with Gasteiger partial charge >= 0.3 is 0 Å². The molecule has 0 bridgehead atoms. The Morgan fingerprint density at radius 1 is 1.11 bits per heavy atom. The van der Waals surface area contributed by atoms with Crippen LogP contribution < -0.4 is 4.74 Å². The first-order valence-corrected chi connectivity index (χ1v) is 6.53. The lowest BCUT2D eigenvalue weighted by molar-refractivity contribution is 0.0124. The minimum Gasteiger partial charge on any atom is -0.490 e. The fourth-order valence-electron chi connectivity index (χ4n) is 1.54. The quantitative estimate of drug-likeness (QED) is 0.509. The summed E-state index contributed by atoms with van der Waals surface area (Å²) in [5, 5.41) is 0. The van der Waals surface area contributed by atoms with E-state index in [1.807, 2.05) is 26.0 Å². The molecule has 0 radical (unpaired) electrons. The third-order valence-electron chi connectivity index (χ3n) is 2.43. The molecule has 0 saturated carbocycles. The van der Waals surface area contributed by atoms with E-state index < -0.39 is 0 Å². The van der Waals surface area contributed by atoms with Gasteiger partial charge in [0.25, 0.3) is 0 Å². The number of hydrogen-bond acceptors (Lipinski definition) is 4. The Bertz CT molecular complexity index is 387. The number of Topliss-reactive ketones (excluding diaryl/α,β-unsaturated/α-hetero) is 1. The van der Waals surface area contributed by atoms with E-state index >= 15 is 0 Å². The van der Waals surface area contributed by atoms with E-state index in [0.29, 0.717) is 37.7 Å². The van der Waals surface area contributed by atoms with Crippen LogP contribution in [0.2, 0.25) is 0 Å². The van der Waals surface area contributed by atoms with Crippen LogP contribution >= 0.6 is 0 Å². The lowest BCUT2D eigenvalue weighted by atomic mass is 10.1. The first-order chi connectivity index (χ1) is 9.11. The molecule has 1 rings (SSSR count). The lowest BCUT2D eigenvalue weighted by Crippen LogP contribution is -2.13. The Morgan fingerprint density at radius 3 is 2.47 bits per heavy atom. The molecule has 106 valence electrons. The van der Waals surface area contributed by atoms with Crippen molar-refractivity contribution in [3.63, 3.8) is 0 Å². The van der Waals surface area contributed by atoms with Gasteiger partial charge in [-0.15, -0.1) is 0 Å². The first kappa shape index (κ1) is 15.7. The summed E-state index contributed by atoms with van der Waals surface area (Å²) in [6, 6.07) is 7.22. The zero-order valence-corrected chi connectivity index (χ0v) is 11.8. The predicted molar refractivity (Wildman–Crippen MR) is 73.8 cm³/mol. The fraction of sp³-hybridized carbons (Fsp3) is 0.533. The number of hydrogen-bond donors (Lipinski definition) is 0. The van der Waals surface area contributed by atoms with Gasteiger partial charge in [0, 0.05) is 0 Å². The van der Waals surface area contributed by atoms with Crippen molar-refractivity contribution in [1.29, 1.82) is 0 Å². The number of benzene rings is 1. The summed E-state index contributed by atoms with van der Waals surface area (Å²) in [6.07, 6.45) is 0.224. The molecule has 0 aliphatic heterocycles. The SMILES string of the molecule is CC(=O)c1ccccc1OCCOCCOC(C)C. The first-order valence-electron chi connectivity index (χ1n) is 6.53. The number of para-hydroxylation sites is 1. The third kappa shape index (κ3) is 6.36. The zero-order valence-electron chi connectivity index (χ0n) is 11.8. The molecule has 0 N–H and O–H groups in total. The Morgan fingerprint density at radius 2 is 1.79 bits per heavy atom. The Hall–Kier alpha value is -1.39. The van der Waals surface area contributed by atoms with E-state index in [1.165, 1.54) is 6.92 Å². The highest BCUT2D eigenvalue weighted by Crippen LogP contribution is 2.18. The van der Waals surface area contributed by atoms with Crippen LogP contribution in [0.4, 0.5) is 0 Å². The number of carbonyl (C=O) groups is 1. The average molecular weight is 266 g/mol. The third-order valence-corrected chi connectivity index (χ3v) is 2.43. The van der Waals surface area contributed by atoms with Crippen LogP contribution in [-0.2, 0) is 9.47 Å².